The third kappa shape index (κ3) is 2.75. The predicted molar refractivity (Wildman–Crippen MR) is 97.7 cm³/mol. The zero-order valence-electron chi connectivity index (χ0n) is 14.4. The summed E-state index contributed by atoms with van der Waals surface area (Å²) >= 11 is 0. The number of H-pyrrole nitrogens is 1. The fourth-order valence-corrected chi connectivity index (χ4v) is 3.58. The van der Waals surface area contributed by atoms with Crippen LogP contribution in [0.5, 0.6) is 0 Å². The van der Waals surface area contributed by atoms with Crippen molar-refractivity contribution < 1.29 is 0 Å². The SMILES string of the molecule is O=c1ccc(-n2ccnc2)nn1CC1CCCN1c1ncnc2nc[nH]c12. The summed E-state index contributed by atoms with van der Waals surface area (Å²) in [4.78, 5) is 34.6. The summed E-state index contributed by atoms with van der Waals surface area (Å²) in [6.45, 7) is 1.35. The average Bonchev–Trinajstić information content (AvgIpc) is 3.44. The van der Waals surface area contributed by atoms with Crippen molar-refractivity contribution in [2.75, 3.05) is 11.4 Å². The third-order valence-electron chi connectivity index (χ3n) is 4.86. The van der Waals surface area contributed by atoms with Gasteiger partial charge in [0.1, 0.15) is 18.2 Å². The molecular weight excluding hydrogens is 346 g/mol. The number of hydrogen-bond donors (Lipinski definition) is 1. The molecule has 0 saturated carbocycles. The van der Waals surface area contributed by atoms with Crippen molar-refractivity contribution in [2.24, 2.45) is 0 Å². The molecule has 10 heteroatoms. The maximum Gasteiger partial charge on any atom is 0.266 e. The molecule has 27 heavy (non-hydrogen) atoms. The number of fused-ring (bicyclic) bond motifs is 1. The lowest BCUT2D eigenvalue weighted by Crippen LogP contribution is -2.37. The van der Waals surface area contributed by atoms with Crippen molar-refractivity contribution >= 4 is 17.0 Å². The van der Waals surface area contributed by atoms with E-state index in [-0.39, 0.29) is 11.6 Å². The smallest absolute Gasteiger partial charge is 0.266 e. The van der Waals surface area contributed by atoms with Gasteiger partial charge in [-0.15, -0.1) is 0 Å². The second-order valence-electron chi connectivity index (χ2n) is 6.47. The molecule has 0 bridgehead atoms. The summed E-state index contributed by atoms with van der Waals surface area (Å²) in [6, 6.07) is 3.36. The Bertz CT molecular complexity index is 1130. The first-order chi connectivity index (χ1) is 13.3. The van der Waals surface area contributed by atoms with Crippen molar-refractivity contribution in [1.29, 1.82) is 0 Å². The van der Waals surface area contributed by atoms with Gasteiger partial charge < -0.3 is 9.88 Å². The van der Waals surface area contributed by atoms with Crippen LogP contribution >= 0.6 is 0 Å². The van der Waals surface area contributed by atoms with Gasteiger partial charge in [0, 0.05) is 25.0 Å². The number of imidazole rings is 2. The third-order valence-corrected chi connectivity index (χ3v) is 4.86. The first-order valence-electron chi connectivity index (χ1n) is 8.77. The van der Waals surface area contributed by atoms with Crippen LogP contribution in [0.3, 0.4) is 0 Å². The Morgan fingerprint density at radius 3 is 3.07 bits per heavy atom. The molecule has 136 valence electrons. The highest BCUT2D eigenvalue weighted by Gasteiger charge is 2.28. The summed E-state index contributed by atoms with van der Waals surface area (Å²) in [7, 11) is 0. The number of hydrogen-bond acceptors (Lipinski definition) is 7. The summed E-state index contributed by atoms with van der Waals surface area (Å²) in [5, 5.41) is 4.51. The van der Waals surface area contributed by atoms with Gasteiger partial charge in [0.05, 0.1) is 18.9 Å². The van der Waals surface area contributed by atoms with Crippen LogP contribution in [0.2, 0.25) is 0 Å². The van der Waals surface area contributed by atoms with Crippen molar-refractivity contribution in [3.05, 3.63) is 53.9 Å². The fraction of sp³-hybridized carbons (Fsp3) is 0.294. The zero-order chi connectivity index (χ0) is 18.2. The van der Waals surface area contributed by atoms with Crippen molar-refractivity contribution in [2.45, 2.75) is 25.4 Å². The van der Waals surface area contributed by atoms with E-state index in [9.17, 15) is 4.79 Å². The Kier molecular flexibility index (Phi) is 3.66. The molecule has 10 nitrogen and oxygen atoms in total. The normalized spacial score (nSPS) is 17.0. The van der Waals surface area contributed by atoms with Crippen LogP contribution in [0.4, 0.5) is 5.82 Å². The molecular formula is C17H17N9O. The highest BCUT2D eigenvalue weighted by Crippen LogP contribution is 2.28. The molecule has 0 aliphatic carbocycles. The average molecular weight is 363 g/mol. The van der Waals surface area contributed by atoms with E-state index in [0.29, 0.717) is 18.0 Å². The molecule has 0 amide bonds. The molecule has 0 spiro atoms. The van der Waals surface area contributed by atoms with Gasteiger partial charge in [-0.3, -0.25) is 9.36 Å². The monoisotopic (exact) mass is 363 g/mol. The predicted octanol–water partition coefficient (Wildman–Crippen LogP) is 0.764. The zero-order valence-corrected chi connectivity index (χ0v) is 14.4. The molecule has 5 rings (SSSR count). The maximum absolute atomic E-state index is 12.4. The van der Waals surface area contributed by atoms with Crippen LogP contribution in [-0.4, -0.2) is 51.9 Å². The van der Waals surface area contributed by atoms with Crippen LogP contribution in [0, 0.1) is 0 Å². The van der Waals surface area contributed by atoms with Crippen molar-refractivity contribution in [1.82, 2.24) is 39.3 Å². The highest BCUT2D eigenvalue weighted by atomic mass is 16.1. The second-order valence-corrected chi connectivity index (χ2v) is 6.47. The molecule has 1 aliphatic heterocycles. The van der Waals surface area contributed by atoms with Crippen LogP contribution in [-0.2, 0) is 6.54 Å². The first kappa shape index (κ1) is 15.7. The van der Waals surface area contributed by atoms with E-state index in [4.69, 9.17) is 0 Å². The molecule has 4 aromatic rings. The van der Waals surface area contributed by atoms with Gasteiger partial charge in [-0.1, -0.05) is 0 Å². The minimum absolute atomic E-state index is 0.120. The molecule has 1 aliphatic rings. The van der Waals surface area contributed by atoms with Crippen molar-refractivity contribution in [3.8, 4) is 5.82 Å². The van der Waals surface area contributed by atoms with E-state index < -0.39 is 0 Å². The topological polar surface area (TPSA) is 110 Å². The molecule has 4 aromatic heterocycles. The molecule has 1 unspecified atom stereocenters. The lowest BCUT2D eigenvalue weighted by atomic mass is 10.2. The molecule has 1 N–H and O–H groups in total. The lowest BCUT2D eigenvalue weighted by molar-refractivity contribution is 0.484. The number of aromatic amines is 1. The summed E-state index contributed by atoms with van der Waals surface area (Å²) < 4.78 is 3.30. The highest BCUT2D eigenvalue weighted by molar-refractivity contribution is 5.82. The Balaban J connectivity index is 1.47. The van der Waals surface area contributed by atoms with Gasteiger partial charge in [0.25, 0.3) is 5.56 Å². The molecule has 1 saturated heterocycles. The van der Waals surface area contributed by atoms with Gasteiger partial charge >= 0.3 is 0 Å². The van der Waals surface area contributed by atoms with E-state index >= 15 is 0 Å². The quantitative estimate of drug-likeness (QED) is 0.570. The minimum Gasteiger partial charge on any atom is -0.350 e. The Labute approximate surface area is 153 Å². The largest absolute Gasteiger partial charge is 0.350 e. The molecule has 0 aromatic carbocycles. The first-order valence-corrected chi connectivity index (χ1v) is 8.77. The number of nitrogens with one attached hydrogen (secondary N) is 1. The van der Waals surface area contributed by atoms with Crippen LogP contribution in [0.25, 0.3) is 17.0 Å². The second kappa shape index (κ2) is 6.31. The van der Waals surface area contributed by atoms with E-state index in [1.54, 1.807) is 41.7 Å². The number of aromatic nitrogens is 8. The van der Waals surface area contributed by atoms with Crippen LogP contribution in [0.15, 0.2) is 48.3 Å². The van der Waals surface area contributed by atoms with E-state index in [1.165, 1.54) is 11.0 Å². The van der Waals surface area contributed by atoms with Gasteiger partial charge in [-0.25, -0.2) is 24.6 Å². The van der Waals surface area contributed by atoms with Gasteiger partial charge in [0.15, 0.2) is 17.3 Å². The van der Waals surface area contributed by atoms with Gasteiger partial charge in [-0.05, 0) is 18.9 Å². The van der Waals surface area contributed by atoms with E-state index in [2.05, 4.69) is 34.9 Å². The van der Waals surface area contributed by atoms with Crippen LogP contribution in [0.1, 0.15) is 12.8 Å². The van der Waals surface area contributed by atoms with Gasteiger partial charge in [-0.2, -0.15) is 5.10 Å². The molecule has 0 radical (unpaired) electrons. The Hall–Kier alpha value is -3.56. The maximum atomic E-state index is 12.4. The fourth-order valence-electron chi connectivity index (χ4n) is 3.58. The summed E-state index contributed by atoms with van der Waals surface area (Å²) in [5.74, 6) is 1.48. The number of anilines is 1. The number of nitrogens with zero attached hydrogens (tertiary/aromatic N) is 8. The number of rotatable bonds is 4. The van der Waals surface area contributed by atoms with Gasteiger partial charge in [0.2, 0.25) is 0 Å². The summed E-state index contributed by atoms with van der Waals surface area (Å²) in [6.07, 6.45) is 10.3. The Morgan fingerprint density at radius 2 is 2.19 bits per heavy atom. The van der Waals surface area contributed by atoms with E-state index in [1.807, 2.05) is 0 Å². The summed E-state index contributed by atoms with van der Waals surface area (Å²) in [5.41, 5.74) is 1.33. The lowest BCUT2D eigenvalue weighted by Gasteiger charge is -2.26. The molecule has 5 heterocycles. The van der Waals surface area contributed by atoms with E-state index in [0.717, 1.165) is 30.7 Å². The minimum atomic E-state index is -0.125. The standard InChI is InChI=1S/C17H17N9O/c27-14-4-3-13(24-7-5-18-11-24)23-26(14)8-12-2-1-6-25(12)17-15-16(20-9-19-15)21-10-22-17/h3-5,7,9-12H,1-2,6,8H2,(H,19,20,21,22). The molecule has 1 atom stereocenters. The molecule has 1 fully saturated rings. The van der Waals surface area contributed by atoms with Crippen LogP contribution < -0.4 is 10.5 Å². The van der Waals surface area contributed by atoms with Crippen molar-refractivity contribution in [3.63, 3.8) is 0 Å². The Morgan fingerprint density at radius 1 is 1.22 bits per heavy atom.